The zero-order valence-electron chi connectivity index (χ0n) is 9.26. The predicted molar refractivity (Wildman–Crippen MR) is 38.4 cm³/mol. The lowest BCUT2D eigenvalue weighted by Crippen LogP contribution is -2.56. The van der Waals surface area contributed by atoms with Crippen LogP contribution >= 0.6 is 0 Å². The van der Waals surface area contributed by atoms with Gasteiger partial charge in [0, 0.05) is 0 Å². The molecule has 0 atom stereocenters. The lowest BCUT2D eigenvalue weighted by atomic mass is 10.3. The molecular weight excluding hydrogens is 360 g/mol. The van der Waals surface area contributed by atoms with E-state index in [1.165, 1.54) is 0 Å². The molecule has 0 fully saturated rings. The Bertz CT molecular complexity index is 465. The van der Waals surface area contributed by atoms with Gasteiger partial charge >= 0.3 is 42.4 Å². The summed E-state index contributed by atoms with van der Waals surface area (Å²) in [5.74, 6) is -6.63. The molecule has 0 heterocycles. The highest BCUT2D eigenvalue weighted by Crippen LogP contribution is 2.46. The van der Waals surface area contributed by atoms with Crippen molar-refractivity contribution in [1.82, 2.24) is 0 Å². The zero-order chi connectivity index (χ0) is 18.1. The molecule has 0 spiro atoms. The van der Waals surface area contributed by atoms with Crippen molar-refractivity contribution in [2.24, 2.45) is 0 Å². The first kappa shape index (κ1) is 20.3. The van der Waals surface area contributed by atoms with E-state index in [4.69, 9.17) is 0 Å². The van der Waals surface area contributed by atoms with Gasteiger partial charge in [-0.3, -0.25) is 4.79 Å². The second-order valence-electron chi connectivity index (χ2n) is 3.14. The number of hydrogen-bond acceptors (Lipinski definition) is 3. The van der Waals surface area contributed by atoms with E-state index in [2.05, 4.69) is 0 Å². The lowest BCUT2D eigenvalue weighted by Gasteiger charge is -2.30. The second kappa shape index (κ2) is 5.85. The largest absolute Gasteiger partial charge is 0.496 e. The monoisotopic (exact) mass is 360 g/mol. The molecule has 0 rings (SSSR count). The SMILES string of the molecule is O=C(F)C(F)(F)C(F)(F)OC(F)(F)C(F)(F)OC(F)=C(F)F. The minimum atomic E-state index is -6.87. The quantitative estimate of drug-likeness (QED) is 0.392. The number of alkyl halides is 8. The Morgan fingerprint density at radius 1 is 0.682 bits per heavy atom. The lowest BCUT2D eigenvalue weighted by molar-refractivity contribution is -0.497. The molecule has 0 aromatic rings. The van der Waals surface area contributed by atoms with Crippen molar-refractivity contribution in [3.05, 3.63) is 12.1 Å². The van der Waals surface area contributed by atoms with Crippen LogP contribution in [0.15, 0.2) is 12.1 Å². The maximum absolute atomic E-state index is 12.5. The second-order valence-corrected chi connectivity index (χ2v) is 3.14. The van der Waals surface area contributed by atoms with Crippen LogP contribution in [0.3, 0.4) is 0 Å². The number of carbonyl (C=O) groups is 1. The molecule has 0 saturated heterocycles. The van der Waals surface area contributed by atoms with Crippen molar-refractivity contribution in [3.8, 4) is 0 Å². The Morgan fingerprint density at radius 3 is 1.41 bits per heavy atom. The summed E-state index contributed by atoms with van der Waals surface area (Å²) in [4.78, 5) is 9.51. The Hall–Kier alpha value is -1.67. The molecule has 0 saturated carbocycles. The third-order valence-electron chi connectivity index (χ3n) is 1.57. The molecule has 0 aliphatic rings. The van der Waals surface area contributed by atoms with Crippen LogP contribution in [0.2, 0.25) is 0 Å². The maximum atomic E-state index is 12.5. The van der Waals surface area contributed by atoms with Gasteiger partial charge in [-0.05, 0) is 0 Å². The van der Waals surface area contributed by atoms with E-state index in [1.54, 1.807) is 4.74 Å². The summed E-state index contributed by atoms with van der Waals surface area (Å²) in [5, 5.41) is 0. The van der Waals surface area contributed by atoms with Gasteiger partial charge in [0.25, 0.3) is 0 Å². The Labute approximate surface area is 111 Å². The van der Waals surface area contributed by atoms with Gasteiger partial charge in [0.15, 0.2) is 0 Å². The van der Waals surface area contributed by atoms with Gasteiger partial charge in [0.2, 0.25) is 0 Å². The van der Waals surface area contributed by atoms with Crippen molar-refractivity contribution in [3.63, 3.8) is 0 Å². The van der Waals surface area contributed by atoms with Gasteiger partial charge in [0.1, 0.15) is 0 Å². The molecule has 22 heavy (non-hydrogen) atoms. The smallest absolute Gasteiger partial charge is 0.396 e. The van der Waals surface area contributed by atoms with E-state index in [-0.39, 0.29) is 0 Å². The van der Waals surface area contributed by atoms with Crippen molar-refractivity contribution >= 4 is 6.04 Å². The molecule has 130 valence electrons. The minimum absolute atomic E-state index is 1.61. The van der Waals surface area contributed by atoms with Gasteiger partial charge in [-0.1, -0.05) is 0 Å². The molecule has 0 radical (unpaired) electrons. The highest BCUT2D eigenvalue weighted by molar-refractivity contribution is 5.77. The van der Waals surface area contributed by atoms with Gasteiger partial charge in [-0.2, -0.15) is 52.7 Å². The molecular formula is C7F12O3. The summed E-state index contributed by atoms with van der Waals surface area (Å²) in [6, 6.07) is -7.90. The molecule has 15 heteroatoms. The van der Waals surface area contributed by atoms with Crippen LogP contribution in [0, 0.1) is 0 Å². The normalized spacial score (nSPS) is 13.8. The first-order chi connectivity index (χ1) is 9.48. The summed E-state index contributed by atoms with van der Waals surface area (Å²) in [6.07, 6.45) is -24.1. The van der Waals surface area contributed by atoms with Crippen molar-refractivity contribution in [2.75, 3.05) is 0 Å². The number of rotatable bonds is 7. The minimum Gasteiger partial charge on any atom is -0.396 e. The number of carbonyl (C=O) groups excluding carboxylic acids is 1. The maximum Gasteiger partial charge on any atom is 0.496 e. The Balaban J connectivity index is 5.49. The van der Waals surface area contributed by atoms with Crippen LogP contribution in [-0.2, 0) is 14.3 Å². The van der Waals surface area contributed by atoms with E-state index < -0.39 is 42.4 Å². The van der Waals surface area contributed by atoms with E-state index in [0.717, 1.165) is 0 Å². The first-order valence-electron chi connectivity index (χ1n) is 4.29. The predicted octanol–water partition coefficient (Wildman–Crippen LogP) is 3.96. The molecule has 0 aliphatic heterocycles. The van der Waals surface area contributed by atoms with Crippen molar-refractivity contribution in [1.29, 1.82) is 0 Å². The molecule has 0 unspecified atom stereocenters. The fourth-order valence-electron chi connectivity index (χ4n) is 0.609. The molecule has 0 N–H and O–H groups in total. The fourth-order valence-corrected chi connectivity index (χ4v) is 0.609. The molecule has 3 nitrogen and oxygen atoms in total. The molecule has 0 bridgehead atoms. The van der Waals surface area contributed by atoms with Gasteiger partial charge in [-0.15, -0.1) is 0 Å². The topological polar surface area (TPSA) is 35.5 Å². The summed E-state index contributed by atoms with van der Waals surface area (Å²) < 4.78 is 149. The van der Waals surface area contributed by atoms with Crippen molar-refractivity contribution in [2.45, 2.75) is 24.2 Å². The fraction of sp³-hybridized carbons (Fsp3) is 0.571. The third kappa shape index (κ3) is 3.95. The standard InChI is InChI=1S/C7F12O3/c8-1(9)2(10)21-6(16,17)7(18,19)22-5(14,15)4(12,13)3(11)20. The Kier molecular flexibility index (Phi) is 5.40. The average molecular weight is 360 g/mol. The van der Waals surface area contributed by atoms with Crippen LogP contribution in [0.1, 0.15) is 0 Å². The molecule has 0 aromatic carbocycles. The van der Waals surface area contributed by atoms with Crippen molar-refractivity contribution < 1.29 is 67.0 Å². The molecule has 0 aliphatic carbocycles. The highest BCUT2D eigenvalue weighted by Gasteiger charge is 2.73. The van der Waals surface area contributed by atoms with Crippen LogP contribution in [-0.4, -0.2) is 30.3 Å². The van der Waals surface area contributed by atoms with E-state index in [0.29, 0.717) is 0 Å². The number of hydrogen-bond donors (Lipinski definition) is 0. The summed E-state index contributed by atoms with van der Waals surface area (Å²) in [6.45, 7) is 0. The van der Waals surface area contributed by atoms with Gasteiger partial charge in [0.05, 0.1) is 0 Å². The molecule has 0 aromatic heterocycles. The number of halogens is 12. The summed E-state index contributed by atoms with van der Waals surface area (Å²) in [5.41, 5.74) is 0. The first-order valence-corrected chi connectivity index (χ1v) is 4.29. The van der Waals surface area contributed by atoms with E-state index in [9.17, 15) is 57.5 Å². The van der Waals surface area contributed by atoms with Crippen LogP contribution in [0.4, 0.5) is 52.7 Å². The van der Waals surface area contributed by atoms with Gasteiger partial charge in [-0.25, -0.2) is 4.74 Å². The average Bonchev–Trinajstić information content (AvgIpc) is 2.25. The van der Waals surface area contributed by atoms with E-state index >= 15 is 0 Å². The Morgan fingerprint density at radius 2 is 1.09 bits per heavy atom. The zero-order valence-corrected chi connectivity index (χ0v) is 9.26. The van der Waals surface area contributed by atoms with Crippen LogP contribution in [0.25, 0.3) is 0 Å². The van der Waals surface area contributed by atoms with Gasteiger partial charge < -0.3 is 4.74 Å². The number of ether oxygens (including phenoxy) is 2. The van der Waals surface area contributed by atoms with Crippen LogP contribution < -0.4 is 0 Å². The van der Waals surface area contributed by atoms with Crippen LogP contribution in [0.5, 0.6) is 0 Å². The summed E-state index contributed by atoms with van der Waals surface area (Å²) >= 11 is 0. The summed E-state index contributed by atoms with van der Waals surface area (Å²) in [7, 11) is 0. The van der Waals surface area contributed by atoms with E-state index in [1.807, 2.05) is 4.74 Å². The third-order valence-corrected chi connectivity index (χ3v) is 1.57. The highest BCUT2D eigenvalue weighted by atomic mass is 19.3. The molecule has 0 amide bonds.